The van der Waals surface area contributed by atoms with Crippen molar-refractivity contribution in [2.45, 2.75) is 13.0 Å². The van der Waals surface area contributed by atoms with E-state index in [1.807, 2.05) is 27.2 Å². The number of benzene rings is 1. The van der Waals surface area contributed by atoms with Gasteiger partial charge in [0.05, 0.1) is 14.6 Å². The van der Waals surface area contributed by atoms with E-state index in [1.54, 1.807) is 6.07 Å². The van der Waals surface area contributed by atoms with E-state index >= 15 is 0 Å². The molecule has 0 radical (unpaired) electrons. The molecule has 0 fully saturated rings. The van der Waals surface area contributed by atoms with Crippen molar-refractivity contribution in [3.8, 4) is 0 Å². The molecule has 3 aromatic rings. The quantitative estimate of drug-likeness (QED) is 0.552. The largest absolute Gasteiger partial charge is 0.340 e. The summed E-state index contributed by atoms with van der Waals surface area (Å²) in [5.41, 5.74) is 1.56. The third-order valence-electron chi connectivity index (χ3n) is 2.77. The van der Waals surface area contributed by atoms with Gasteiger partial charge in [-0.2, -0.15) is 4.98 Å². The van der Waals surface area contributed by atoms with E-state index in [9.17, 15) is 4.39 Å². The lowest BCUT2D eigenvalue weighted by molar-refractivity contribution is 0.371. The highest BCUT2D eigenvalue weighted by atomic mass is 127. The van der Waals surface area contributed by atoms with Crippen molar-refractivity contribution in [3.63, 3.8) is 0 Å². The van der Waals surface area contributed by atoms with Gasteiger partial charge in [-0.15, -0.1) is 0 Å². The first-order chi connectivity index (χ1) is 9.15. The van der Waals surface area contributed by atoms with Crippen molar-refractivity contribution in [3.05, 3.63) is 38.5 Å². The van der Waals surface area contributed by atoms with Crippen LogP contribution in [0.5, 0.6) is 0 Å². The van der Waals surface area contributed by atoms with Gasteiger partial charge in [0.1, 0.15) is 5.82 Å². The van der Waals surface area contributed by atoms with Gasteiger partial charge in [0.25, 0.3) is 0 Å². The van der Waals surface area contributed by atoms with Gasteiger partial charge in [0.15, 0.2) is 11.1 Å². The molecule has 5 nitrogen and oxygen atoms in total. The number of aromatic amines is 1. The molecule has 0 aliphatic rings. The summed E-state index contributed by atoms with van der Waals surface area (Å²) in [5, 5.41) is 3.54. The Morgan fingerprint density at radius 3 is 3.05 bits per heavy atom. The van der Waals surface area contributed by atoms with Crippen molar-refractivity contribution in [1.82, 2.24) is 19.7 Å². The topological polar surface area (TPSA) is 59.6 Å². The lowest BCUT2D eigenvalue weighted by atomic mass is 10.3. The Kier molecular flexibility index (Phi) is 3.35. The van der Waals surface area contributed by atoms with E-state index < -0.39 is 0 Å². The Morgan fingerprint density at radius 2 is 2.32 bits per heavy atom. The summed E-state index contributed by atoms with van der Waals surface area (Å²) in [6, 6.07) is 3.22. The molecular weight excluding hydrogens is 382 g/mol. The first-order valence-corrected chi connectivity index (χ1v) is 6.97. The molecule has 0 aliphatic carbocycles. The molecule has 0 amide bonds. The van der Waals surface area contributed by atoms with Crippen LogP contribution in [0.4, 0.5) is 4.39 Å². The maximum atomic E-state index is 13.6. The van der Waals surface area contributed by atoms with Crippen molar-refractivity contribution in [2.24, 2.45) is 0 Å². The van der Waals surface area contributed by atoms with Crippen molar-refractivity contribution >= 4 is 45.8 Å². The van der Waals surface area contributed by atoms with Crippen LogP contribution in [-0.2, 0) is 13.0 Å². The minimum Gasteiger partial charge on any atom is -0.340 e. The second-order valence-electron chi connectivity index (χ2n) is 3.95. The fourth-order valence-corrected chi connectivity index (χ4v) is 2.65. The maximum absolute atomic E-state index is 13.6. The molecule has 0 saturated heterocycles. The predicted octanol–water partition coefficient (Wildman–Crippen LogP) is 3.07. The Labute approximate surface area is 126 Å². The van der Waals surface area contributed by atoms with Crippen LogP contribution in [0.3, 0.4) is 0 Å². The van der Waals surface area contributed by atoms with Crippen LogP contribution in [0, 0.1) is 14.2 Å². The normalized spacial score (nSPS) is 11.3. The molecule has 3 rings (SSSR count). The van der Waals surface area contributed by atoms with Gasteiger partial charge < -0.3 is 14.1 Å². The fraction of sp³-hybridized carbons (Fsp3) is 0.182. The maximum Gasteiger partial charge on any atom is 0.228 e. The van der Waals surface area contributed by atoms with Crippen molar-refractivity contribution < 1.29 is 8.91 Å². The number of aromatic nitrogens is 4. The zero-order chi connectivity index (χ0) is 13.4. The van der Waals surface area contributed by atoms with E-state index in [0.717, 1.165) is 11.0 Å². The molecule has 0 unspecified atom stereocenters. The van der Waals surface area contributed by atoms with Crippen LogP contribution in [0.25, 0.3) is 11.0 Å². The third-order valence-corrected chi connectivity index (χ3v) is 3.92. The fourth-order valence-electron chi connectivity index (χ4n) is 1.89. The van der Waals surface area contributed by atoms with Crippen LogP contribution in [0.2, 0.25) is 0 Å². The highest BCUT2D eigenvalue weighted by Gasteiger charge is 2.09. The van der Waals surface area contributed by atoms with Crippen molar-refractivity contribution in [2.75, 3.05) is 0 Å². The molecule has 2 aromatic heterocycles. The molecule has 0 aliphatic heterocycles. The minimum absolute atomic E-state index is 0.256. The lowest BCUT2D eigenvalue weighted by Gasteiger charge is -2.02. The van der Waals surface area contributed by atoms with Gasteiger partial charge in [-0.05, 0) is 40.9 Å². The highest BCUT2D eigenvalue weighted by Crippen LogP contribution is 2.20. The Hall–Kier alpha value is -1.29. The summed E-state index contributed by atoms with van der Waals surface area (Å²) >= 11 is 7.20. The first kappa shape index (κ1) is 12.7. The Balaban J connectivity index is 2.00. The number of imidazole rings is 1. The second-order valence-corrected chi connectivity index (χ2v) is 5.50. The average molecular weight is 390 g/mol. The van der Waals surface area contributed by atoms with E-state index in [-0.39, 0.29) is 5.82 Å². The average Bonchev–Trinajstić information content (AvgIpc) is 2.96. The van der Waals surface area contributed by atoms with Gasteiger partial charge in [-0.25, -0.2) is 4.39 Å². The predicted molar refractivity (Wildman–Crippen MR) is 77.8 cm³/mol. The summed E-state index contributed by atoms with van der Waals surface area (Å²) in [7, 11) is 0. The zero-order valence-corrected chi connectivity index (χ0v) is 12.5. The smallest absolute Gasteiger partial charge is 0.228 e. The number of hydrogen-bond donors (Lipinski definition) is 1. The second kappa shape index (κ2) is 5.00. The highest BCUT2D eigenvalue weighted by molar-refractivity contribution is 14.1. The molecule has 0 spiro atoms. The number of nitrogens with zero attached hydrogens (tertiary/aromatic N) is 3. The number of rotatable bonds is 3. The van der Waals surface area contributed by atoms with E-state index in [1.165, 1.54) is 12.4 Å². The van der Waals surface area contributed by atoms with Crippen LogP contribution < -0.4 is 0 Å². The summed E-state index contributed by atoms with van der Waals surface area (Å²) in [6.07, 6.45) is 1.90. The lowest BCUT2D eigenvalue weighted by Crippen LogP contribution is -2.02. The Morgan fingerprint density at radius 1 is 1.47 bits per heavy atom. The van der Waals surface area contributed by atoms with Gasteiger partial charge >= 0.3 is 0 Å². The van der Waals surface area contributed by atoms with Crippen LogP contribution in [0.1, 0.15) is 5.89 Å². The summed E-state index contributed by atoms with van der Waals surface area (Å²) in [6.45, 7) is 0.557. The molecule has 19 heavy (non-hydrogen) atoms. The summed E-state index contributed by atoms with van der Waals surface area (Å²) < 4.78 is 21.5. The van der Waals surface area contributed by atoms with E-state index in [4.69, 9.17) is 16.7 Å². The summed E-state index contributed by atoms with van der Waals surface area (Å²) in [4.78, 5) is 7.01. The first-order valence-electron chi connectivity index (χ1n) is 5.48. The number of hydrogen-bond acceptors (Lipinski definition) is 4. The summed E-state index contributed by atoms with van der Waals surface area (Å²) in [5.74, 6) is 0.274. The van der Waals surface area contributed by atoms with Gasteiger partial charge in [0.2, 0.25) is 5.89 Å². The number of fused-ring (bicyclic) bond motifs is 1. The van der Waals surface area contributed by atoms with E-state index in [0.29, 0.717) is 27.2 Å². The SMILES string of the molecule is Fc1cc2c(cc1I)[nH]c(=S)n2CCc1ncno1. The standard InChI is InChI=1S/C11H8FIN4OS/c12-6-3-9-8(4-7(6)13)16-11(19)17(9)2-1-10-14-5-15-18-10/h3-5H,1-2H2,(H,16,19). The van der Waals surface area contributed by atoms with Crippen LogP contribution >= 0.6 is 34.8 Å². The monoisotopic (exact) mass is 390 g/mol. The van der Waals surface area contributed by atoms with Crippen molar-refractivity contribution in [1.29, 1.82) is 0 Å². The zero-order valence-electron chi connectivity index (χ0n) is 9.56. The molecule has 8 heteroatoms. The van der Waals surface area contributed by atoms with Gasteiger partial charge in [-0.1, -0.05) is 5.16 Å². The molecule has 0 bridgehead atoms. The van der Waals surface area contributed by atoms with Gasteiger partial charge in [0, 0.05) is 19.0 Å². The number of nitrogens with one attached hydrogen (secondary N) is 1. The molecule has 1 aromatic carbocycles. The van der Waals surface area contributed by atoms with E-state index in [2.05, 4.69) is 15.1 Å². The molecule has 1 N–H and O–H groups in total. The van der Waals surface area contributed by atoms with Crippen LogP contribution in [-0.4, -0.2) is 19.7 Å². The molecule has 0 saturated carbocycles. The third kappa shape index (κ3) is 2.41. The molecule has 98 valence electrons. The number of halogens is 2. The number of H-pyrrole nitrogens is 1. The molecule has 2 heterocycles. The molecule has 0 atom stereocenters. The Bertz CT molecular complexity index is 780. The molecular formula is C11H8FIN4OS. The number of aryl methyl sites for hydroxylation is 2. The van der Waals surface area contributed by atoms with Crippen LogP contribution in [0.15, 0.2) is 23.0 Å². The minimum atomic E-state index is -0.256. The van der Waals surface area contributed by atoms with Gasteiger partial charge in [-0.3, -0.25) is 0 Å².